The molecule has 4 aromatic rings. The number of ether oxygens (including phenoxy) is 1. The number of halogens is 1. The molecule has 0 aliphatic rings. The Morgan fingerprint density at radius 3 is 2.81 bits per heavy atom. The van der Waals surface area contributed by atoms with Crippen LogP contribution in [0.15, 0.2) is 73.1 Å². The SMILES string of the molecule is Cc1ccc(F)c(NC(=O)c2cccc(Oc3ccnc(-c4cc(CNO)c[nH]4)c3)c2)c1. The molecule has 0 spiro atoms. The second-order valence-electron chi connectivity index (χ2n) is 7.20. The molecule has 0 atom stereocenters. The van der Waals surface area contributed by atoms with Crippen molar-refractivity contribution in [3.63, 3.8) is 0 Å². The molecular formula is C24H21FN4O3. The Hall–Kier alpha value is -4.01. The van der Waals surface area contributed by atoms with Crippen molar-refractivity contribution in [2.45, 2.75) is 13.5 Å². The minimum atomic E-state index is -0.497. The maximum Gasteiger partial charge on any atom is 0.255 e. The number of hydrogen-bond donors (Lipinski definition) is 4. The lowest BCUT2D eigenvalue weighted by Crippen LogP contribution is -2.13. The fraction of sp³-hybridized carbons (Fsp3) is 0.0833. The highest BCUT2D eigenvalue weighted by molar-refractivity contribution is 6.04. The lowest BCUT2D eigenvalue weighted by molar-refractivity contribution is 0.102. The summed E-state index contributed by atoms with van der Waals surface area (Å²) in [6.45, 7) is 2.14. The van der Waals surface area contributed by atoms with Gasteiger partial charge in [0.05, 0.1) is 17.1 Å². The molecule has 0 saturated carbocycles. The van der Waals surface area contributed by atoms with Gasteiger partial charge < -0.3 is 20.2 Å². The van der Waals surface area contributed by atoms with Gasteiger partial charge in [-0.2, -0.15) is 0 Å². The molecule has 1 amide bonds. The number of carbonyl (C=O) groups excluding carboxylic acids is 1. The van der Waals surface area contributed by atoms with Gasteiger partial charge in [0, 0.05) is 30.6 Å². The normalized spacial score (nSPS) is 10.7. The average molecular weight is 432 g/mol. The summed E-state index contributed by atoms with van der Waals surface area (Å²) in [6, 6.07) is 16.5. The number of aromatic nitrogens is 2. The van der Waals surface area contributed by atoms with Crippen LogP contribution in [0.2, 0.25) is 0 Å². The molecule has 0 saturated heterocycles. The number of carbonyl (C=O) groups is 1. The lowest BCUT2D eigenvalue weighted by atomic mass is 10.1. The number of aromatic amines is 1. The van der Waals surface area contributed by atoms with E-state index in [0.29, 0.717) is 29.3 Å². The van der Waals surface area contributed by atoms with Gasteiger partial charge >= 0.3 is 0 Å². The molecule has 0 radical (unpaired) electrons. The first-order valence-corrected chi connectivity index (χ1v) is 9.88. The Kier molecular flexibility index (Phi) is 6.25. The molecule has 162 valence electrons. The molecule has 2 heterocycles. The van der Waals surface area contributed by atoms with Crippen molar-refractivity contribution in [2.75, 3.05) is 5.32 Å². The highest BCUT2D eigenvalue weighted by Crippen LogP contribution is 2.26. The minimum absolute atomic E-state index is 0.127. The second-order valence-corrected chi connectivity index (χ2v) is 7.20. The monoisotopic (exact) mass is 432 g/mol. The largest absolute Gasteiger partial charge is 0.457 e. The number of hydroxylamine groups is 1. The van der Waals surface area contributed by atoms with Crippen LogP contribution >= 0.6 is 0 Å². The Morgan fingerprint density at radius 1 is 1.12 bits per heavy atom. The number of nitrogens with one attached hydrogen (secondary N) is 3. The molecule has 4 N–H and O–H groups in total. The molecule has 0 aliphatic heterocycles. The predicted molar refractivity (Wildman–Crippen MR) is 118 cm³/mol. The molecule has 7 nitrogen and oxygen atoms in total. The van der Waals surface area contributed by atoms with Gasteiger partial charge in [0.25, 0.3) is 5.91 Å². The van der Waals surface area contributed by atoms with Crippen LogP contribution in [0.5, 0.6) is 11.5 Å². The minimum Gasteiger partial charge on any atom is -0.457 e. The van der Waals surface area contributed by atoms with E-state index in [1.54, 1.807) is 60.9 Å². The number of benzene rings is 2. The zero-order valence-corrected chi connectivity index (χ0v) is 17.2. The van der Waals surface area contributed by atoms with Gasteiger partial charge in [0.2, 0.25) is 0 Å². The molecule has 2 aromatic carbocycles. The van der Waals surface area contributed by atoms with Gasteiger partial charge in [-0.3, -0.25) is 9.78 Å². The van der Waals surface area contributed by atoms with Crippen LogP contribution in [0.1, 0.15) is 21.5 Å². The van der Waals surface area contributed by atoms with E-state index in [4.69, 9.17) is 9.94 Å². The quantitative estimate of drug-likeness (QED) is 0.306. The summed E-state index contributed by atoms with van der Waals surface area (Å²) in [4.78, 5) is 20.0. The fourth-order valence-electron chi connectivity index (χ4n) is 3.17. The smallest absolute Gasteiger partial charge is 0.255 e. The molecule has 0 aliphatic carbocycles. The van der Waals surface area contributed by atoms with Gasteiger partial charge in [-0.05, 0) is 60.5 Å². The first-order valence-electron chi connectivity index (χ1n) is 9.88. The van der Waals surface area contributed by atoms with Gasteiger partial charge in [-0.15, -0.1) is 0 Å². The molecule has 0 bridgehead atoms. The van der Waals surface area contributed by atoms with E-state index in [9.17, 15) is 9.18 Å². The maximum atomic E-state index is 14.0. The number of pyridine rings is 1. The molecule has 0 fully saturated rings. The van der Waals surface area contributed by atoms with E-state index >= 15 is 0 Å². The van der Waals surface area contributed by atoms with Gasteiger partial charge in [0.15, 0.2) is 0 Å². The standard InChI is InChI=1S/C24H21FN4O3/c1-15-5-6-20(25)21(9-15)29-24(30)17-3-2-4-18(11-17)32-19-7-8-26-23(12-19)22-10-16(13-27-22)14-28-31/h2-13,27-28,31H,14H2,1H3,(H,29,30). The number of rotatable bonds is 7. The van der Waals surface area contributed by atoms with E-state index in [2.05, 4.69) is 20.8 Å². The van der Waals surface area contributed by atoms with Gasteiger partial charge in [0.1, 0.15) is 17.3 Å². The number of H-pyrrole nitrogens is 1. The Labute approximate surface area is 183 Å². The van der Waals surface area contributed by atoms with E-state index < -0.39 is 11.7 Å². The topological polar surface area (TPSA) is 99.3 Å². The summed E-state index contributed by atoms with van der Waals surface area (Å²) < 4.78 is 19.9. The predicted octanol–water partition coefficient (Wildman–Crippen LogP) is 5.05. The van der Waals surface area contributed by atoms with Crippen LogP contribution in [-0.2, 0) is 6.54 Å². The number of nitrogens with zero attached hydrogens (tertiary/aromatic N) is 1. The zero-order chi connectivity index (χ0) is 22.5. The summed E-state index contributed by atoms with van der Waals surface area (Å²) in [7, 11) is 0. The van der Waals surface area contributed by atoms with Crippen molar-refractivity contribution in [3.05, 3.63) is 95.6 Å². The highest BCUT2D eigenvalue weighted by atomic mass is 19.1. The summed E-state index contributed by atoms with van der Waals surface area (Å²) in [6.07, 6.45) is 3.39. The summed E-state index contributed by atoms with van der Waals surface area (Å²) in [5, 5.41) is 11.4. The van der Waals surface area contributed by atoms with Crippen molar-refractivity contribution < 1.29 is 19.1 Å². The third-order valence-corrected chi connectivity index (χ3v) is 4.74. The van der Waals surface area contributed by atoms with E-state index in [0.717, 1.165) is 16.8 Å². The number of amides is 1. The van der Waals surface area contributed by atoms with Crippen molar-refractivity contribution in [1.29, 1.82) is 0 Å². The molecule has 32 heavy (non-hydrogen) atoms. The van der Waals surface area contributed by atoms with E-state index in [1.807, 2.05) is 13.0 Å². The first kappa shape index (κ1) is 21.2. The van der Waals surface area contributed by atoms with E-state index in [-0.39, 0.29) is 5.69 Å². The van der Waals surface area contributed by atoms with Crippen molar-refractivity contribution in [1.82, 2.24) is 15.4 Å². The maximum absolute atomic E-state index is 14.0. The zero-order valence-electron chi connectivity index (χ0n) is 17.2. The Bertz CT molecular complexity index is 1260. The third-order valence-electron chi connectivity index (χ3n) is 4.74. The summed E-state index contributed by atoms with van der Waals surface area (Å²) in [5.74, 6) is 0.0552. The lowest BCUT2D eigenvalue weighted by Gasteiger charge is -2.10. The molecule has 8 heteroatoms. The fourth-order valence-corrected chi connectivity index (χ4v) is 3.17. The molecule has 4 rings (SSSR count). The van der Waals surface area contributed by atoms with Gasteiger partial charge in [-0.1, -0.05) is 12.1 Å². The van der Waals surface area contributed by atoms with E-state index in [1.165, 1.54) is 6.07 Å². The van der Waals surface area contributed by atoms with Crippen LogP contribution in [0.25, 0.3) is 11.4 Å². The Balaban J connectivity index is 1.50. The van der Waals surface area contributed by atoms with Crippen molar-refractivity contribution >= 4 is 11.6 Å². The summed E-state index contributed by atoms with van der Waals surface area (Å²) in [5.41, 5.74) is 5.72. The molecule has 2 aromatic heterocycles. The average Bonchev–Trinajstić information content (AvgIpc) is 3.26. The van der Waals surface area contributed by atoms with Crippen LogP contribution in [0.4, 0.5) is 10.1 Å². The van der Waals surface area contributed by atoms with Crippen LogP contribution < -0.4 is 15.5 Å². The van der Waals surface area contributed by atoms with Crippen LogP contribution in [-0.4, -0.2) is 21.1 Å². The number of aryl methyl sites for hydroxylation is 1. The molecule has 0 unspecified atom stereocenters. The summed E-state index contributed by atoms with van der Waals surface area (Å²) >= 11 is 0. The number of anilines is 1. The van der Waals surface area contributed by atoms with Crippen LogP contribution in [0.3, 0.4) is 0 Å². The first-order chi connectivity index (χ1) is 15.5. The Morgan fingerprint density at radius 2 is 1.97 bits per heavy atom. The van der Waals surface area contributed by atoms with Crippen molar-refractivity contribution in [3.8, 4) is 22.9 Å². The number of hydrogen-bond acceptors (Lipinski definition) is 5. The van der Waals surface area contributed by atoms with Crippen molar-refractivity contribution in [2.24, 2.45) is 0 Å². The molecular weight excluding hydrogens is 411 g/mol. The van der Waals surface area contributed by atoms with Gasteiger partial charge in [-0.25, -0.2) is 9.87 Å². The van der Waals surface area contributed by atoms with Crippen LogP contribution in [0, 0.1) is 12.7 Å². The second kappa shape index (κ2) is 9.42. The third kappa shape index (κ3) is 5.00. The highest BCUT2D eigenvalue weighted by Gasteiger charge is 2.11.